The van der Waals surface area contributed by atoms with E-state index in [9.17, 15) is 14.4 Å². The molecule has 1 aliphatic heterocycles. The third-order valence-corrected chi connectivity index (χ3v) is 6.59. The number of pyridine rings is 2. The number of methoxy groups -OCH3 is 1. The number of nitrogens with zero attached hydrogens (tertiary/aromatic N) is 5. The van der Waals surface area contributed by atoms with Gasteiger partial charge in [0, 0.05) is 45.4 Å². The van der Waals surface area contributed by atoms with Gasteiger partial charge >= 0.3 is 0 Å². The van der Waals surface area contributed by atoms with E-state index in [-0.39, 0.29) is 29.5 Å². The lowest BCUT2D eigenvalue weighted by Crippen LogP contribution is -2.59. The largest absolute Gasteiger partial charge is 0.383 e. The van der Waals surface area contributed by atoms with Crippen LogP contribution in [0.15, 0.2) is 47.3 Å². The Bertz CT molecular complexity index is 1250. The summed E-state index contributed by atoms with van der Waals surface area (Å²) in [6.07, 6.45) is 0. The Kier molecular flexibility index (Phi) is 6.45. The summed E-state index contributed by atoms with van der Waals surface area (Å²) < 4.78 is 20.5. The van der Waals surface area contributed by atoms with Crippen molar-refractivity contribution >= 4 is 16.7 Å². The van der Waals surface area contributed by atoms with E-state index >= 15 is 0 Å². The maximum atomic E-state index is 13.4. The van der Waals surface area contributed by atoms with Gasteiger partial charge in [-0.25, -0.2) is 9.37 Å². The van der Waals surface area contributed by atoms with Crippen LogP contribution >= 0.6 is 0 Å². The first kappa shape index (κ1) is 22.9. The molecule has 172 valence electrons. The molecule has 1 fully saturated rings. The molecule has 0 saturated carbocycles. The first-order valence-corrected chi connectivity index (χ1v) is 11.0. The summed E-state index contributed by atoms with van der Waals surface area (Å²) in [5.41, 5.74) is 3.28. The predicted octanol–water partition coefficient (Wildman–Crippen LogP) is 3.23. The monoisotopic (exact) mass is 449 g/mol. The van der Waals surface area contributed by atoms with Gasteiger partial charge < -0.3 is 14.2 Å². The van der Waals surface area contributed by atoms with Crippen LogP contribution in [0.3, 0.4) is 0 Å². The second-order valence-corrected chi connectivity index (χ2v) is 8.64. The molecule has 8 heteroatoms. The highest BCUT2D eigenvalue weighted by Gasteiger charge is 2.36. The highest BCUT2D eigenvalue weighted by Crippen LogP contribution is 2.32. The van der Waals surface area contributed by atoms with E-state index in [1.807, 2.05) is 12.1 Å². The molecule has 3 atom stereocenters. The Balaban J connectivity index is 1.73. The zero-order valence-corrected chi connectivity index (χ0v) is 19.3. The summed E-state index contributed by atoms with van der Waals surface area (Å²) in [4.78, 5) is 21.8. The van der Waals surface area contributed by atoms with Gasteiger partial charge in [-0.2, -0.15) is 5.26 Å². The molecule has 1 aromatic carbocycles. The van der Waals surface area contributed by atoms with Gasteiger partial charge in [0.05, 0.1) is 23.9 Å². The van der Waals surface area contributed by atoms with E-state index in [4.69, 9.17) is 4.74 Å². The molecular formula is C25H28FN5O2. The Labute approximate surface area is 192 Å². The summed E-state index contributed by atoms with van der Waals surface area (Å²) in [7, 11) is 3.39. The van der Waals surface area contributed by atoms with Crippen molar-refractivity contribution in [1.29, 1.82) is 5.26 Å². The van der Waals surface area contributed by atoms with Crippen molar-refractivity contribution in [2.75, 3.05) is 31.7 Å². The summed E-state index contributed by atoms with van der Waals surface area (Å²) in [5.74, 6) is -0.251. The highest BCUT2D eigenvalue weighted by atomic mass is 19.1. The van der Waals surface area contributed by atoms with Gasteiger partial charge in [0.15, 0.2) is 0 Å². The Morgan fingerprint density at radius 3 is 2.64 bits per heavy atom. The van der Waals surface area contributed by atoms with Crippen molar-refractivity contribution in [2.24, 2.45) is 7.05 Å². The van der Waals surface area contributed by atoms with Crippen LogP contribution in [0.5, 0.6) is 0 Å². The number of aryl methyl sites for hydroxylation is 1. The van der Waals surface area contributed by atoms with Crippen LogP contribution < -0.4 is 10.5 Å². The molecule has 0 aliphatic carbocycles. The highest BCUT2D eigenvalue weighted by molar-refractivity contribution is 5.89. The van der Waals surface area contributed by atoms with Crippen LogP contribution in [0, 0.1) is 17.1 Å². The Hall–Kier alpha value is -3.28. The number of ether oxygens (including phenoxy) is 1. The lowest BCUT2D eigenvalue weighted by atomic mass is 9.99. The third kappa shape index (κ3) is 4.34. The van der Waals surface area contributed by atoms with Gasteiger partial charge in [0.1, 0.15) is 23.1 Å². The smallest absolute Gasteiger partial charge is 0.252 e. The third-order valence-electron chi connectivity index (χ3n) is 6.59. The van der Waals surface area contributed by atoms with Crippen LogP contribution in [0.1, 0.15) is 31.1 Å². The predicted molar refractivity (Wildman–Crippen MR) is 126 cm³/mol. The lowest BCUT2D eigenvalue weighted by Gasteiger charge is -2.48. The van der Waals surface area contributed by atoms with Gasteiger partial charge in [-0.1, -0.05) is 12.1 Å². The number of aromatic nitrogens is 2. The van der Waals surface area contributed by atoms with E-state index in [0.717, 1.165) is 17.8 Å². The van der Waals surface area contributed by atoms with Crippen molar-refractivity contribution in [2.45, 2.75) is 32.0 Å². The molecule has 1 aliphatic rings. The zero-order valence-electron chi connectivity index (χ0n) is 19.3. The van der Waals surface area contributed by atoms with Crippen LogP contribution in [-0.2, 0) is 11.8 Å². The topological polar surface area (TPSA) is 74.4 Å². The number of anilines is 1. The van der Waals surface area contributed by atoms with Crippen LogP contribution in [0.2, 0.25) is 0 Å². The molecular weight excluding hydrogens is 421 g/mol. The van der Waals surface area contributed by atoms with Crippen molar-refractivity contribution in [3.63, 3.8) is 0 Å². The van der Waals surface area contributed by atoms with E-state index in [1.54, 1.807) is 36.9 Å². The molecule has 2 aromatic heterocycles. The first-order chi connectivity index (χ1) is 15.8. The summed E-state index contributed by atoms with van der Waals surface area (Å²) in [6.45, 7) is 6.09. The van der Waals surface area contributed by atoms with E-state index in [2.05, 4.69) is 34.7 Å². The summed E-state index contributed by atoms with van der Waals surface area (Å²) in [6, 6.07) is 13.9. The van der Waals surface area contributed by atoms with E-state index in [0.29, 0.717) is 29.9 Å². The van der Waals surface area contributed by atoms with Gasteiger partial charge in [0.25, 0.3) is 5.56 Å². The first-order valence-electron chi connectivity index (χ1n) is 11.0. The van der Waals surface area contributed by atoms with Gasteiger partial charge in [-0.3, -0.25) is 9.69 Å². The average molecular weight is 450 g/mol. The number of piperazine rings is 1. The number of hydrogen-bond acceptors (Lipinski definition) is 6. The summed E-state index contributed by atoms with van der Waals surface area (Å²) >= 11 is 0. The molecule has 1 unspecified atom stereocenters. The second kappa shape index (κ2) is 9.30. The van der Waals surface area contributed by atoms with Crippen LogP contribution in [0.4, 0.5) is 10.1 Å². The Morgan fingerprint density at radius 1 is 1.24 bits per heavy atom. The van der Waals surface area contributed by atoms with Crippen molar-refractivity contribution < 1.29 is 9.13 Å². The molecule has 3 heterocycles. The van der Waals surface area contributed by atoms with Gasteiger partial charge in [-0.05, 0) is 43.7 Å². The molecule has 0 N–H and O–H groups in total. The molecule has 0 amide bonds. The number of hydrogen-bond donors (Lipinski definition) is 0. The van der Waals surface area contributed by atoms with Crippen LogP contribution in [-0.4, -0.2) is 53.3 Å². The van der Waals surface area contributed by atoms with Crippen LogP contribution in [0.25, 0.3) is 11.0 Å². The zero-order chi connectivity index (χ0) is 23.7. The minimum absolute atomic E-state index is 0.0458. The Morgan fingerprint density at radius 2 is 1.97 bits per heavy atom. The number of nitriles is 1. The molecule has 0 spiro atoms. The molecule has 4 rings (SSSR count). The van der Waals surface area contributed by atoms with E-state index in [1.165, 1.54) is 12.1 Å². The molecule has 3 aromatic rings. The number of benzene rings is 1. The van der Waals surface area contributed by atoms with Crippen molar-refractivity contribution in [3.8, 4) is 6.07 Å². The van der Waals surface area contributed by atoms with Gasteiger partial charge in [0.2, 0.25) is 0 Å². The summed E-state index contributed by atoms with van der Waals surface area (Å²) in [5, 5.41) is 9.37. The fourth-order valence-electron chi connectivity index (χ4n) is 4.74. The fourth-order valence-corrected chi connectivity index (χ4v) is 4.74. The molecule has 0 bridgehead atoms. The van der Waals surface area contributed by atoms with E-state index < -0.39 is 0 Å². The standard InChI is InChI=1S/C25H28FN5O2/c1-16-13-31(17(2)18-5-7-19(26)8-6-18)21(15-33-4)14-30(16)23-11-24(32)29(3)22-10-9-20(12-27)28-25(22)23/h5-11,16-17,21H,13-15H2,1-4H3/t16-,17?,21-/m0/s1. The molecule has 7 nitrogen and oxygen atoms in total. The quantitative estimate of drug-likeness (QED) is 0.596. The maximum absolute atomic E-state index is 13.4. The van der Waals surface area contributed by atoms with Gasteiger partial charge in [-0.15, -0.1) is 0 Å². The number of halogens is 1. The number of fused-ring (bicyclic) bond motifs is 1. The fraction of sp³-hybridized carbons (Fsp3) is 0.400. The minimum Gasteiger partial charge on any atom is -0.383 e. The lowest BCUT2D eigenvalue weighted by molar-refractivity contribution is 0.0463. The molecule has 33 heavy (non-hydrogen) atoms. The number of rotatable bonds is 5. The SMILES string of the molecule is COC[C@@H]1CN(c2cc(=O)n(C)c3ccc(C#N)nc23)[C@@H](C)CN1C(C)c1ccc(F)cc1. The second-order valence-electron chi connectivity index (χ2n) is 8.64. The average Bonchev–Trinajstić information content (AvgIpc) is 2.82. The normalized spacial score (nSPS) is 20.1. The van der Waals surface area contributed by atoms with Crippen molar-refractivity contribution in [1.82, 2.24) is 14.5 Å². The molecule has 1 saturated heterocycles. The maximum Gasteiger partial charge on any atom is 0.252 e. The van der Waals surface area contributed by atoms with Crippen molar-refractivity contribution in [3.05, 3.63) is 69.9 Å². The molecule has 0 radical (unpaired) electrons. The minimum atomic E-state index is -0.251.